The van der Waals surface area contributed by atoms with Crippen molar-refractivity contribution in [3.05, 3.63) is 89.6 Å². The van der Waals surface area contributed by atoms with Crippen molar-refractivity contribution in [3.63, 3.8) is 0 Å². The number of hydrogen-bond acceptors (Lipinski definition) is 5. The molecule has 0 spiro atoms. The summed E-state index contributed by atoms with van der Waals surface area (Å²) in [5.74, 6) is 0.414. The molecule has 3 aromatic rings. The number of rotatable bonds is 9. The van der Waals surface area contributed by atoms with E-state index in [0.717, 1.165) is 5.56 Å². The molecule has 0 saturated heterocycles. The van der Waals surface area contributed by atoms with Gasteiger partial charge in [-0.05, 0) is 49.2 Å². The summed E-state index contributed by atoms with van der Waals surface area (Å²) in [4.78, 5) is 16.8. The molecule has 7 nitrogen and oxygen atoms in total. The van der Waals surface area contributed by atoms with E-state index >= 15 is 0 Å². The summed E-state index contributed by atoms with van der Waals surface area (Å²) in [6.45, 7) is 3.85. The van der Waals surface area contributed by atoms with E-state index in [4.69, 9.17) is 4.74 Å². The minimum Gasteiger partial charge on any atom is -0.438 e. The lowest BCUT2D eigenvalue weighted by Gasteiger charge is -2.11. The molecule has 0 fully saturated rings. The van der Waals surface area contributed by atoms with Crippen molar-refractivity contribution in [1.82, 2.24) is 15.0 Å². The number of carbonyl (C=O) groups is 1. The van der Waals surface area contributed by atoms with Gasteiger partial charge < -0.3 is 10.1 Å². The van der Waals surface area contributed by atoms with E-state index in [0.29, 0.717) is 16.9 Å². The first-order valence-electron chi connectivity index (χ1n) is 9.86. The monoisotopic (exact) mass is 439 g/mol. The Morgan fingerprint density at radius 3 is 2.32 bits per heavy atom. The minimum atomic E-state index is -3.38. The molecule has 0 saturated carbocycles. The van der Waals surface area contributed by atoms with Crippen LogP contribution in [0.4, 0.5) is 0 Å². The summed E-state index contributed by atoms with van der Waals surface area (Å²) in [5.41, 5.74) is 1.85. The third kappa shape index (κ3) is 6.91. The second-order valence-corrected chi connectivity index (χ2v) is 9.06. The number of aromatic nitrogens is 1. The van der Waals surface area contributed by atoms with Crippen molar-refractivity contribution in [2.45, 2.75) is 32.2 Å². The number of nitrogens with zero attached hydrogens (tertiary/aromatic N) is 1. The fourth-order valence-electron chi connectivity index (χ4n) is 2.90. The van der Waals surface area contributed by atoms with Crippen molar-refractivity contribution in [1.29, 1.82) is 0 Å². The first-order valence-corrected chi connectivity index (χ1v) is 11.5. The Kier molecular flexibility index (Phi) is 7.38. The lowest BCUT2D eigenvalue weighted by atomic mass is 10.1. The van der Waals surface area contributed by atoms with E-state index in [2.05, 4.69) is 15.0 Å². The topological polar surface area (TPSA) is 97.4 Å². The molecule has 0 aliphatic heterocycles. The molecule has 1 aromatic heterocycles. The zero-order valence-electron chi connectivity index (χ0n) is 17.4. The van der Waals surface area contributed by atoms with Crippen LogP contribution in [-0.4, -0.2) is 25.4 Å². The molecule has 8 heteroatoms. The van der Waals surface area contributed by atoms with Crippen molar-refractivity contribution in [3.8, 4) is 11.6 Å². The Labute approximate surface area is 182 Å². The first kappa shape index (κ1) is 22.5. The van der Waals surface area contributed by atoms with Gasteiger partial charge >= 0.3 is 0 Å². The molecule has 0 bridgehead atoms. The van der Waals surface area contributed by atoms with Gasteiger partial charge in [-0.3, -0.25) is 4.79 Å². The quantitative estimate of drug-likeness (QED) is 0.531. The summed E-state index contributed by atoms with van der Waals surface area (Å²) < 4.78 is 32.4. The Hall–Kier alpha value is -3.23. The molecule has 2 N–H and O–H groups in total. The number of pyridine rings is 1. The van der Waals surface area contributed by atoms with E-state index in [9.17, 15) is 13.2 Å². The predicted molar refractivity (Wildman–Crippen MR) is 119 cm³/mol. The summed E-state index contributed by atoms with van der Waals surface area (Å²) in [6.07, 6.45) is 1.57. The normalized spacial score (nSPS) is 11.3. The predicted octanol–water partition coefficient (Wildman–Crippen LogP) is 3.63. The van der Waals surface area contributed by atoms with E-state index in [1.54, 1.807) is 68.6 Å². The molecular formula is C23H25N3O4S. The van der Waals surface area contributed by atoms with Gasteiger partial charge in [-0.1, -0.05) is 42.5 Å². The molecule has 0 radical (unpaired) electrons. The molecule has 0 unspecified atom stereocenters. The molecule has 162 valence electrons. The Balaban J connectivity index is 1.61. The molecule has 31 heavy (non-hydrogen) atoms. The van der Waals surface area contributed by atoms with Crippen LogP contribution in [0.15, 0.2) is 72.9 Å². The Morgan fingerprint density at radius 1 is 0.968 bits per heavy atom. The van der Waals surface area contributed by atoms with E-state index in [-0.39, 0.29) is 30.1 Å². The highest BCUT2D eigenvalue weighted by Crippen LogP contribution is 2.22. The number of sulfonamides is 1. The highest BCUT2D eigenvalue weighted by Gasteiger charge is 2.15. The molecule has 0 aliphatic carbocycles. The van der Waals surface area contributed by atoms with Crippen LogP contribution in [0.2, 0.25) is 0 Å². The smallest absolute Gasteiger partial charge is 0.257 e. The maximum Gasteiger partial charge on any atom is 0.257 e. The molecule has 1 heterocycles. The number of ether oxygens (including phenoxy) is 1. The number of benzene rings is 2. The summed E-state index contributed by atoms with van der Waals surface area (Å²) in [5, 5.41) is 2.85. The molecule has 2 aromatic carbocycles. The van der Waals surface area contributed by atoms with Crippen LogP contribution in [0.25, 0.3) is 0 Å². The van der Waals surface area contributed by atoms with Gasteiger partial charge in [-0.15, -0.1) is 0 Å². The van der Waals surface area contributed by atoms with Crippen molar-refractivity contribution in [2.24, 2.45) is 0 Å². The van der Waals surface area contributed by atoms with Gasteiger partial charge in [0.15, 0.2) is 0 Å². The number of hydrogen-bond donors (Lipinski definition) is 2. The van der Waals surface area contributed by atoms with Crippen molar-refractivity contribution in [2.75, 3.05) is 0 Å². The van der Waals surface area contributed by atoms with Gasteiger partial charge in [-0.2, -0.15) is 0 Å². The summed E-state index contributed by atoms with van der Waals surface area (Å²) in [6, 6.07) is 19.4. The standard InChI is InChI=1S/C23H25N3O4S/c1-17(2)26-31(28,29)16-19-12-10-18(11-13-19)15-25-22(27)21-9-6-14-24-23(21)30-20-7-4-3-5-8-20/h3-14,17,26H,15-16H2,1-2H3,(H,25,27). The summed E-state index contributed by atoms with van der Waals surface area (Å²) in [7, 11) is -3.38. The zero-order valence-corrected chi connectivity index (χ0v) is 18.2. The maximum absolute atomic E-state index is 12.7. The van der Waals surface area contributed by atoms with Crippen LogP contribution in [0, 0.1) is 0 Å². The fourth-order valence-corrected chi connectivity index (χ4v) is 4.33. The second kappa shape index (κ2) is 10.2. The van der Waals surface area contributed by atoms with Gasteiger partial charge in [0.1, 0.15) is 11.3 Å². The van der Waals surface area contributed by atoms with Crippen LogP contribution in [0.1, 0.15) is 35.3 Å². The SMILES string of the molecule is CC(C)NS(=O)(=O)Cc1ccc(CNC(=O)c2cccnc2Oc2ccccc2)cc1. The minimum absolute atomic E-state index is 0.0896. The van der Waals surface area contributed by atoms with Gasteiger partial charge in [0.05, 0.1) is 5.75 Å². The van der Waals surface area contributed by atoms with Gasteiger partial charge in [0.25, 0.3) is 5.91 Å². The third-order valence-electron chi connectivity index (χ3n) is 4.22. The van der Waals surface area contributed by atoms with Gasteiger partial charge in [-0.25, -0.2) is 18.1 Å². The second-order valence-electron chi connectivity index (χ2n) is 7.30. The van der Waals surface area contributed by atoms with E-state index in [1.807, 2.05) is 18.2 Å². The molecule has 1 amide bonds. The molecule has 0 atom stereocenters. The first-order chi connectivity index (χ1) is 14.8. The third-order valence-corrected chi connectivity index (χ3v) is 5.77. The van der Waals surface area contributed by atoms with E-state index < -0.39 is 10.0 Å². The van der Waals surface area contributed by atoms with Gasteiger partial charge in [0, 0.05) is 18.8 Å². The number of nitrogens with one attached hydrogen (secondary N) is 2. The average Bonchev–Trinajstić information content (AvgIpc) is 2.73. The Bertz CT molecular complexity index is 1120. The lowest BCUT2D eigenvalue weighted by molar-refractivity contribution is 0.0948. The van der Waals surface area contributed by atoms with Crippen LogP contribution in [-0.2, 0) is 22.3 Å². The van der Waals surface area contributed by atoms with Crippen LogP contribution < -0.4 is 14.8 Å². The molecular weight excluding hydrogens is 414 g/mol. The number of amides is 1. The van der Waals surface area contributed by atoms with Crippen LogP contribution in [0.5, 0.6) is 11.6 Å². The lowest BCUT2D eigenvalue weighted by Crippen LogP contribution is -2.31. The van der Waals surface area contributed by atoms with E-state index in [1.165, 1.54) is 0 Å². The number of carbonyl (C=O) groups excluding carboxylic acids is 1. The maximum atomic E-state index is 12.7. The highest BCUT2D eigenvalue weighted by atomic mass is 32.2. The largest absolute Gasteiger partial charge is 0.438 e. The van der Waals surface area contributed by atoms with Crippen LogP contribution in [0.3, 0.4) is 0 Å². The molecule has 3 rings (SSSR count). The van der Waals surface area contributed by atoms with Crippen LogP contribution >= 0.6 is 0 Å². The van der Waals surface area contributed by atoms with Crippen molar-refractivity contribution >= 4 is 15.9 Å². The summed E-state index contributed by atoms with van der Waals surface area (Å²) >= 11 is 0. The average molecular weight is 440 g/mol. The Morgan fingerprint density at radius 2 is 1.65 bits per heavy atom. The van der Waals surface area contributed by atoms with Gasteiger partial charge in [0.2, 0.25) is 15.9 Å². The zero-order chi connectivity index (χ0) is 22.3. The molecule has 0 aliphatic rings. The number of para-hydroxylation sites is 1. The van der Waals surface area contributed by atoms with Crippen molar-refractivity contribution < 1.29 is 17.9 Å². The fraction of sp³-hybridized carbons (Fsp3) is 0.217. The highest BCUT2D eigenvalue weighted by molar-refractivity contribution is 7.88.